The molecule has 2 aromatic rings. The fraction of sp³-hybridized carbons (Fsp3) is 0.350. The highest BCUT2D eigenvalue weighted by Gasteiger charge is 2.25. The number of benzene rings is 2. The summed E-state index contributed by atoms with van der Waals surface area (Å²) in [4.78, 5) is 12.7. The van der Waals surface area contributed by atoms with Crippen LogP contribution in [-0.4, -0.2) is 12.5 Å². The quantitative estimate of drug-likeness (QED) is 0.740. The zero-order valence-electron chi connectivity index (χ0n) is 14.9. The number of nitrogens with one attached hydrogen (secondary N) is 1. The molecule has 0 fully saturated rings. The standard InChI is InChI=1S/C20H24F2N2O2/c1-3-16(15-11-7-8-12-17(15)26-20(21)22)24-19(25)13(2)18(23)14-9-5-4-6-10-14/h4-13,16,18,20H,3,23H2,1-2H3,(H,24,25). The second-order valence-electron chi connectivity index (χ2n) is 6.11. The average Bonchev–Trinajstić information content (AvgIpc) is 2.65. The minimum absolute atomic E-state index is 0.0645. The van der Waals surface area contributed by atoms with Gasteiger partial charge in [-0.2, -0.15) is 8.78 Å². The number of rotatable bonds is 8. The van der Waals surface area contributed by atoms with E-state index in [1.54, 1.807) is 25.1 Å². The Morgan fingerprint density at radius 2 is 1.73 bits per heavy atom. The lowest BCUT2D eigenvalue weighted by Gasteiger charge is -2.25. The Balaban J connectivity index is 2.13. The zero-order chi connectivity index (χ0) is 19.1. The number of hydrogen-bond acceptors (Lipinski definition) is 3. The molecule has 0 spiro atoms. The van der Waals surface area contributed by atoms with Gasteiger partial charge < -0.3 is 15.8 Å². The molecule has 140 valence electrons. The van der Waals surface area contributed by atoms with Crippen molar-refractivity contribution < 1.29 is 18.3 Å². The first-order valence-electron chi connectivity index (χ1n) is 8.58. The van der Waals surface area contributed by atoms with Crippen molar-refractivity contribution in [2.45, 2.75) is 39.0 Å². The van der Waals surface area contributed by atoms with Crippen LogP contribution < -0.4 is 15.8 Å². The van der Waals surface area contributed by atoms with E-state index in [4.69, 9.17) is 5.73 Å². The van der Waals surface area contributed by atoms with Crippen LogP contribution >= 0.6 is 0 Å². The first-order chi connectivity index (χ1) is 12.4. The molecule has 0 radical (unpaired) electrons. The van der Waals surface area contributed by atoms with Crippen molar-refractivity contribution in [3.63, 3.8) is 0 Å². The molecule has 0 heterocycles. The van der Waals surface area contributed by atoms with Gasteiger partial charge in [-0.15, -0.1) is 0 Å². The predicted octanol–water partition coefficient (Wildman–Crippen LogP) is 4.19. The van der Waals surface area contributed by atoms with E-state index in [0.717, 1.165) is 5.56 Å². The number of nitrogens with two attached hydrogens (primary N) is 1. The molecule has 0 bridgehead atoms. The monoisotopic (exact) mass is 362 g/mol. The van der Waals surface area contributed by atoms with Gasteiger partial charge in [-0.1, -0.05) is 62.4 Å². The van der Waals surface area contributed by atoms with E-state index in [1.165, 1.54) is 6.07 Å². The molecule has 0 saturated heterocycles. The first-order valence-corrected chi connectivity index (χ1v) is 8.58. The molecule has 0 saturated carbocycles. The minimum atomic E-state index is -2.92. The lowest BCUT2D eigenvalue weighted by Crippen LogP contribution is -2.37. The maximum Gasteiger partial charge on any atom is 0.387 e. The summed E-state index contributed by atoms with van der Waals surface area (Å²) in [7, 11) is 0. The van der Waals surface area contributed by atoms with Gasteiger partial charge in [0.2, 0.25) is 5.91 Å². The van der Waals surface area contributed by atoms with Crippen LogP contribution in [0.1, 0.15) is 43.5 Å². The number of ether oxygens (including phenoxy) is 1. The largest absolute Gasteiger partial charge is 0.434 e. The number of halogens is 2. The van der Waals surface area contributed by atoms with E-state index in [2.05, 4.69) is 10.1 Å². The lowest BCUT2D eigenvalue weighted by atomic mass is 9.93. The Kier molecular flexibility index (Phi) is 7.09. The minimum Gasteiger partial charge on any atom is -0.434 e. The molecular weight excluding hydrogens is 338 g/mol. The summed E-state index contributed by atoms with van der Waals surface area (Å²) >= 11 is 0. The van der Waals surface area contributed by atoms with Gasteiger partial charge in [0.1, 0.15) is 5.75 Å². The number of carbonyl (C=O) groups excluding carboxylic acids is 1. The summed E-state index contributed by atoms with van der Waals surface area (Å²) in [6.45, 7) is 0.697. The number of carbonyl (C=O) groups is 1. The third kappa shape index (κ3) is 5.02. The Bertz CT molecular complexity index is 710. The first kappa shape index (κ1) is 19.8. The maximum atomic E-state index is 12.7. The van der Waals surface area contributed by atoms with E-state index in [9.17, 15) is 13.6 Å². The van der Waals surface area contributed by atoms with E-state index >= 15 is 0 Å². The summed E-state index contributed by atoms with van der Waals surface area (Å²) in [5, 5.41) is 2.90. The molecule has 6 heteroatoms. The second kappa shape index (κ2) is 9.29. The topological polar surface area (TPSA) is 64.4 Å². The Morgan fingerprint density at radius 3 is 2.35 bits per heavy atom. The number of alkyl halides is 2. The Labute approximate surface area is 152 Å². The molecule has 1 amide bonds. The summed E-state index contributed by atoms with van der Waals surface area (Å²) in [6, 6.07) is 14.9. The smallest absolute Gasteiger partial charge is 0.387 e. The molecule has 0 aliphatic carbocycles. The van der Waals surface area contributed by atoms with Crippen LogP contribution in [0.5, 0.6) is 5.75 Å². The van der Waals surface area contributed by atoms with Gasteiger partial charge in [-0.3, -0.25) is 4.79 Å². The van der Waals surface area contributed by atoms with Gasteiger partial charge in [-0.25, -0.2) is 0 Å². The number of para-hydroxylation sites is 1. The Hall–Kier alpha value is -2.47. The fourth-order valence-electron chi connectivity index (χ4n) is 2.80. The van der Waals surface area contributed by atoms with Gasteiger partial charge in [0.05, 0.1) is 12.0 Å². The molecule has 0 aromatic heterocycles. The fourth-order valence-corrected chi connectivity index (χ4v) is 2.80. The van der Waals surface area contributed by atoms with Crippen LogP contribution in [0, 0.1) is 5.92 Å². The van der Waals surface area contributed by atoms with Crippen molar-refractivity contribution in [2.75, 3.05) is 0 Å². The SMILES string of the molecule is CCC(NC(=O)C(C)C(N)c1ccccc1)c1ccccc1OC(F)F. The van der Waals surface area contributed by atoms with Crippen LogP contribution in [0.15, 0.2) is 54.6 Å². The molecule has 3 N–H and O–H groups in total. The maximum absolute atomic E-state index is 12.7. The number of hydrogen-bond donors (Lipinski definition) is 2. The van der Waals surface area contributed by atoms with Crippen molar-refractivity contribution in [1.29, 1.82) is 0 Å². The van der Waals surface area contributed by atoms with E-state index in [-0.39, 0.29) is 11.7 Å². The Morgan fingerprint density at radius 1 is 1.12 bits per heavy atom. The average molecular weight is 362 g/mol. The highest BCUT2D eigenvalue weighted by atomic mass is 19.3. The highest BCUT2D eigenvalue weighted by molar-refractivity contribution is 5.79. The normalized spacial score (nSPS) is 14.5. The molecule has 26 heavy (non-hydrogen) atoms. The zero-order valence-corrected chi connectivity index (χ0v) is 14.9. The van der Waals surface area contributed by atoms with Crippen molar-refractivity contribution in [2.24, 2.45) is 11.7 Å². The predicted molar refractivity (Wildman–Crippen MR) is 96.8 cm³/mol. The van der Waals surface area contributed by atoms with Crippen LogP contribution in [0.25, 0.3) is 0 Å². The van der Waals surface area contributed by atoms with Crippen molar-refractivity contribution >= 4 is 5.91 Å². The van der Waals surface area contributed by atoms with Crippen LogP contribution in [0.4, 0.5) is 8.78 Å². The van der Waals surface area contributed by atoms with Gasteiger partial charge in [0.15, 0.2) is 0 Å². The third-order valence-electron chi connectivity index (χ3n) is 4.37. The van der Waals surface area contributed by atoms with Crippen molar-refractivity contribution in [3.05, 3.63) is 65.7 Å². The highest BCUT2D eigenvalue weighted by Crippen LogP contribution is 2.29. The van der Waals surface area contributed by atoms with Gasteiger partial charge in [0, 0.05) is 11.6 Å². The summed E-state index contributed by atoms with van der Waals surface area (Å²) in [5.41, 5.74) is 7.59. The lowest BCUT2D eigenvalue weighted by molar-refractivity contribution is -0.126. The summed E-state index contributed by atoms with van der Waals surface area (Å²) in [5.74, 6) is -0.649. The third-order valence-corrected chi connectivity index (χ3v) is 4.37. The molecule has 3 atom stereocenters. The van der Waals surface area contributed by atoms with Gasteiger partial charge in [-0.05, 0) is 18.1 Å². The van der Waals surface area contributed by atoms with Crippen LogP contribution in [0.3, 0.4) is 0 Å². The molecule has 0 aliphatic heterocycles. The van der Waals surface area contributed by atoms with Crippen LogP contribution in [-0.2, 0) is 4.79 Å². The van der Waals surface area contributed by atoms with E-state index < -0.39 is 24.6 Å². The number of amides is 1. The van der Waals surface area contributed by atoms with E-state index in [0.29, 0.717) is 12.0 Å². The summed E-state index contributed by atoms with van der Waals surface area (Å²) in [6.07, 6.45) is 0.530. The van der Waals surface area contributed by atoms with Crippen LogP contribution in [0.2, 0.25) is 0 Å². The van der Waals surface area contributed by atoms with Gasteiger partial charge >= 0.3 is 6.61 Å². The molecule has 3 unspecified atom stereocenters. The van der Waals surface area contributed by atoms with Gasteiger partial charge in [0.25, 0.3) is 0 Å². The summed E-state index contributed by atoms with van der Waals surface area (Å²) < 4.78 is 29.8. The molecule has 2 rings (SSSR count). The second-order valence-corrected chi connectivity index (χ2v) is 6.11. The molecule has 0 aliphatic rings. The molecule has 2 aromatic carbocycles. The molecular formula is C20H24F2N2O2. The van der Waals surface area contributed by atoms with Crippen molar-refractivity contribution in [3.8, 4) is 5.75 Å². The van der Waals surface area contributed by atoms with E-state index in [1.807, 2.05) is 37.3 Å². The van der Waals surface area contributed by atoms with Crippen molar-refractivity contribution in [1.82, 2.24) is 5.32 Å². The molecule has 4 nitrogen and oxygen atoms in total.